The van der Waals surface area contributed by atoms with Gasteiger partial charge in [-0.1, -0.05) is 17.7 Å². The highest BCUT2D eigenvalue weighted by Crippen LogP contribution is 2.33. The van der Waals surface area contributed by atoms with Crippen LogP contribution in [0.4, 0.5) is 5.82 Å². The second-order valence-corrected chi connectivity index (χ2v) is 8.80. The standard InChI is InChI=1S/C18H19ClN4O3S/c1-12-4-6-14(7-5-12)27(25,26)23-10-8-15-16(23)17(21-18(19)20-15)22-9-2-3-13(22)11-24/h4-8,10,13,24H,2-3,9,11H2,1H3. The van der Waals surface area contributed by atoms with Crippen molar-refractivity contribution in [3.63, 3.8) is 0 Å². The van der Waals surface area contributed by atoms with Gasteiger partial charge in [0.05, 0.1) is 23.1 Å². The molecule has 1 saturated heterocycles. The number of hydrogen-bond acceptors (Lipinski definition) is 6. The van der Waals surface area contributed by atoms with Gasteiger partial charge < -0.3 is 10.0 Å². The van der Waals surface area contributed by atoms with E-state index in [4.69, 9.17) is 11.6 Å². The molecule has 142 valence electrons. The normalized spacial score (nSPS) is 17.7. The van der Waals surface area contributed by atoms with Crippen molar-refractivity contribution in [3.05, 3.63) is 47.4 Å². The maximum Gasteiger partial charge on any atom is 0.268 e. The molecule has 1 fully saturated rings. The summed E-state index contributed by atoms with van der Waals surface area (Å²) < 4.78 is 27.7. The van der Waals surface area contributed by atoms with Crippen LogP contribution in [0, 0.1) is 6.92 Å². The molecule has 4 rings (SSSR count). The van der Waals surface area contributed by atoms with Gasteiger partial charge in [-0.2, -0.15) is 4.98 Å². The predicted molar refractivity (Wildman–Crippen MR) is 104 cm³/mol. The fourth-order valence-corrected chi connectivity index (χ4v) is 5.02. The summed E-state index contributed by atoms with van der Waals surface area (Å²) in [5, 5.41) is 9.73. The van der Waals surface area contributed by atoms with Crippen LogP contribution in [-0.4, -0.2) is 46.7 Å². The van der Waals surface area contributed by atoms with Crippen LogP contribution in [0.3, 0.4) is 0 Å². The number of fused-ring (bicyclic) bond motifs is 1. The SMILES string of the molecule is Cc1ccc(S(=O)(=O)n2ccc3nc(Cl)nc(N4CCCC4CO)c32)cc1. The minimum absolute atomic E-state index is 0.0332. The van der Waals surface area contributed by atoms with Crippen molar-refractivity contribution in [3.8, 4) is 0 Å². The van der Waals surface area contributed by atoms with Crippen LogP contribution in [0.25, 0.3) is 11.0 Å². The first-order chi connectivity index (χ1) is 12.9. The number of hydrogen-bond donors (Lipinski definition) is 1. The highest BCUT2D eigenvalue weighted by Gasteiger charge is 2.30. The van der Waals surface area contributed by atoms with Crippen LogP contribution >= 0.6 is 11.6 Å². The van der Waals surface area contributed by atoms with Crippen LogP contribution in [0.15, 0.2) is 41.4 Å². The third kappa shape index (κ3) is 3.07. The quantitative estimate of drug-likeness (QED) is 0.670. The van der Waals surface area contributed by atoms with E-state index in [0.29, 0.717) is 23.4 Å². The Morgan fingerprint density at radius 3 is 2.67 bits per heavy atom. The first-order valence-electron chi connectivity index (χ1n) is 8.66. The molecule has 0 saturated carbocycles. The molecule has 9 heteroatoms. The van der Waals surface area contributed by atoms with Crippen molar-refractivity contribution in [1.29, 1.82) is 0 Å². The van der Waals surface area contributed by atoms with Gasteiger partial charge in [-0.25, -0.2) is 17.4 Å². The van der Waals surface area contributed by atoms with Crippen LogP contribution in [0.2, 0.25) is 5.28 Å². The zero-order valence-electron chi connectivity index (χ0n) is 14.7. The lowest BCUT2D eigenvalue weighted by molar-refractivity contribution is 0.266. The lowest BCUT2D eigenvalue weighted by atomic mass is 10.2. The van der Waals surface area contributed by atoms with Gasteiger partial charge in [-0.05, 0) is 49.6 Å². The molecule has 3 heterocycles. The first kappa shape index (κ1) is 18.2. The summed E-state index contributed by atoms with van der Waals surface area (Å²) in [7, 11) is -3.82. The molecule has 1 unspecified atom stereocenters. The van der Waals surface area contributed by atoms with Crippen LogP contribution in [0.5, 0.6) is 0 Å². The summed E-state index contributed by atoms with van der Waals surface area (Å²) in [5.41, 5.74) is 1.80. The molecule has 2 aromatic heterocycles. The largest absolute Gasteiger partial charge is 0.394 e. The van der Waals surface area contributed by atoms with E-state index in [-0.39, 0.29) is 22.8 Å². The van der Waals surface area contributed by atoms with E-state index < -0.39 is 10.0 Å². The van der Waals surface area contributed by atoms with E-state index in [9.17, 15) is 13.5 Å². The topological polar surface area (TPSA) is 88.3 Å². The Morgan fingerprint density at radius 2 is 1.96 bits per heavy atom. The van der Waals surface area contributed by atoms with Crippen molar-refractivity contribution >= 4 is 38.5 Å². The number of benzene rings is 1. The fraction of sp³-hybridized carbons (Fsp3) is 0.333. The second-order valence-electron chi connectivity index (χ2n) is 6.65. The molecule has 27 heavy (non-hydrogen) atoms. The van der Waals surface area contributed by atoms with E-state index in [1.54, 1.807) is 30.3 Å². The lowest BCUT2D eigenvalue weighted by Crippen LogP contribution is -2.33. The molecule has 0 bridgehead atoms. The Morgan fingerprint density at radius 1 is 1.22 bits per heavy atom. The molecule has 7 nitrogen and oxygen atoms in total. The van der Waals surface area contributed by atoms with Crippen molar-refractivity contribution in [2.45, 2.75) is 30.7 Å². The minimum Gasteiger partial charge on any atom is -0.394 e. The van der Waals surface area contributed by atoms with Crippen molar-refractivity contribution in [2.75, 3.05) is 18.1 Å². The number of rotatable bonds is 4. The summed E-state index contributed by atoms with van der Waals surface area (Å²) >= 11 is 6.08. The summed E-state index contributed by atoms with van der Waals surface area (Å²) in [6, 6.07) is 8.18. The molecule has 1 aliphatic rings. The third-order valence-corrected chi connectivity index (χ3v) is 6.75. The van der Waals surface area contributed by atoms with Gasteiger partial charge in [0, 0.05) is 12.7 Å². The van der Waals surface area contributed by atoms with E-state index in [2.05, 4.69) is 9.97 Å². The third-order valence-electron chi connectivity index (χ3n) is 4.89. The van der Waals surface area contributed by atoms with E-state index >= 15 is 0 Å². The number of anilines is 1. The van der Waals surface area contributed by atoms with Gasteiger partial charge in [0.2, 0.25) is 5.28 Å². The maximum atomic E-state index is 13.2. The Balaban J connectivity index is 1.94. The van der Waals surface area contributed by atoms with Gasteiger partial charge in [0.25, 0.3) is 10.0 Å². The molecule has 0 radical (unpaired) electrons. The van der Waals surface area contributed by atoms with Crippen LogP contribution in [0.1, 0.15) is 18.4 Å². The predicted octanol–water partition coefficient (Wildman–Crippen LogP) is 2.59. The van der Waals surface area contributed by atoms with Gasteiger partial charge in [-0.15, -0.1) is 0 Å². The first-order valence-corrected chi connectivity index (χ1v) is 10.5. The summed E-state index contributed by atoms with van der Waals surface area (Å²) in [4.78, 5) is 10.6. The summed E-state index contributed by atoms with van der Waals surface area (Å²) in [6.45, 7) is 2.54. The fourth-order valence-electron chi connectivity index (χ4n) is 3.50. The molecule has 3 aromatic rings. The lowest BCUT2D eigenvalue weighted by Gasteiger charge is -2.25. The minimum atomic E-state index is -3.82. The Kier molecular flexibility index (Phi) is 4.57. The van der Waals surface area contributed by atoms with Gasteiger partial charge in [0.1, 0.15) is 5.52 Å². The van der Waals surface area contributed by atoms with Crippen LogP contribution < -0.4 is 4.90 Å². The maximum absolute atomic E-state index is 13.2. The number of nitrogens with zero attached hydrogens (tertiary/aromatic N) is 4. The number of aromatic nitrogens is 3. The average Bonchev–Trinajstić information content (AvgIpc) is 3.28. The molecule has 1 aliphatic heterocycles. The average molecular weight is 407 g/mol. The molecule has 1 aromatic carbocycles. The molecule has 0 aliphatic carbocycles. The van der Waals surface area contributed by atoms with E-state index in [1.807, 2.05) is 11.8 Å². The number of aliphatic hydroxyl groups is 1. The number of halogens is 1. The molecule has 1 atom stereocenters. The Bertz CT molecular complexity index is 1100. The highest BCUT2D eigenvalue weighted by molar-refractivity contribution is 7.90. The second kappa shape index (κ2) is 6.78. The number of aryl methyl sites for hydroxylation is 1. The van der Waals surface area contributed by atoms with Gasteiger partial charge in [0.15, 0.2) is 5.82 Å². The zero-order chi connectivity index (χ0) is 19.2. The van der Waals surface area contributed by atoms with Crippen molar-refractivity contribution in [2.24, 2.45) is 0 Å². The zero-order valence-corrected chi connectivity index (χ0v) is 16.3. The summed E-state index contributed by atoms with van der Waals surface area (Å²) in [6.07, 6.45) is 3.17. The highest BCUT2D eigenvalue weighted by atomic mass is 35.5. The van der Waals surface area contributed by atoms with Crippen molar-refractivity contribution in [1.82, 2.24) is 13.9 Å². The molecule has 1 N–H and O–H groups in total. The Hall–Kier alpha value is -2.16. The van der Waals surface area contributed by atoms with E-state index in [0.717, 1.165) is 18.4 Å². The summed E-state index contributed by atoms with van der Waals surface area (Å²) in [5.74, 6) is 0.433. The van der Waals surface area contributed by atoms with Gasteiger partial charge >= 0.3 is 0 Å². The smallest absolute Gasteiger partial charge is 0.268 e. The van der Waals surface area contributed by atoms with Crippen LogP contribution in [-0.2, 0) is 10.0 Å². The Labute approximate surface area is 162 Å². The van der Waals surface area contributed by atoms with Crippen molar-refractivity contribution < 1.29 is 13.5 Å². The van der Waals surface area contributed by atoms with Gasteiger partial charge in [-0.3, -0.25) is 0 Å². The molecular formula is C18H19ClN4O3S. The molecular weight excluding hydrogens is 388 g/mol. The molecule has 0 amide bonds. The van der Waals surface area contributed by atoms with E-state index in [1.165, 1.54) is 10.2 Å². The molecule has 0 spiro atoms. The number of aliphatic hydroxyl groups excluding tert-OH is 1. The monoisotopic (exact) mass is 406 g/mol.